The Balaban J connectivity index is 2.15. The number of hydrogen-bond acceptors (Lipinski definition) is 4. The van der Waals surface area contributed by atoms with E-state index in [2.05, 4.69) is 20.5 Å². The average Bonchev–Trinajstić information content (AvgIpc) is 2.34. The minimum absolute atomic E-state index is 0.00170. The fraction of sp³-hybridized carbons (Fsp3) is 0. The second-order valence-corrected chi connectivity index (χ2v) is 4.28. The molecule has 4 nitrogen and oxygen atoms in total. The summed E-state index contributed by atoms with van der Waals surface area (Å²) in [7, 11) is 0. The predicted octanol–water partition coefficient (Wildman–Crippen LogP) is 3.88. The number of aromatic nitrogens is 2. The Morgan fingerprint density at radius 3 is 2.22 bits per heavy atom. The van der Waals surface area contributed by atoms with Crippen molar-refractivity contribution in [1.82, 2.24) is 9.97 Å². The van der Waals surface area contributed by atoms with E-state index in [1.807, 2.05) is 30.3 Å². The van der Waals surface area contributed by atoms with Crippen molar-refractivity contribution in [3.05, 3.63) is 51.5 Å². The highest BCUT2D eigenvalue weighted by Crippen LogP contribution is 2.21. The van der Waals surface area contributed by atoms with Crippen molar-refractivity contribution in [3.8, 4) is 0 Å². The molecule has 92 valence electrons. The lowest BCUT2D eigenvalue weighted by molar-refractivity contribution is 1.16. The summed E-state index contributed by atoms with van der Waals surface area (Å²) >= 11 is 17.4. The molecule has 0 radical (unpaired) electrons. The smallest absolute Gasteiger partial charge is 0.225 e. The molecule has 0 bridgehead atoms. The molecule has 0 unspecified atom stereocenters. The van der Waals surface area contributed by atoms with Gasteiger partial charge >= 0.3 is 0 Å². The molecule has 1 aromatic carbocycles. The second kappa shape index (κ2) is 6.00. The maximum absolute atomic E-state index is 5.88. The van der Waals surface area contributed by atoms with Gasteiger partial charge in [0, 0.05) is 0 Å². The molecular weight excluding hydrogens is 295 g/mol. The average molecular weight is 302 g/mol. The van der Waals surface area contributed by atoms with Crippen molar-refractivity contribution in [2.24, 2.45) is 5.10 Å². The van der Waals surface area contributed by atoms with Gasteiger partial charge in [0.15, 0.2) is 0 Å². The molecule has 0 aliphatic rings. The normalized spacial score (nSPS) is 10.8. The van der Waals surface area contributed by atoms with E-state index in [0.717, 1.165) is 5.69 Å². The zero-order valence-electron chi connectivity index (χ0n) is 8.94. The zero-order chi connectivity index (χ0) is 13.0. The molecule has 1 aromatic heterocycles. The number of benzene rings is 1. The lowest BCUT2D eigenvalue weighted by Crippen LogP contribution is -1.96. The first kappa shape index (κ1) is 13.1. The fourth-order valence-corrected chi connectivity index (χ4v) is 1.92. The van der Waals surface area contributed by atoms with Gasteiger partial charge in [-0.3, -0.25) is 5.43 Å². The van der Waals surface area contributed by atoms with Crippen LogP contribution in [0.1, 0.15) is 5.56 Å². The maximum atomic E-state index is 5.88. The molecule has 0 aliphatic heterocycles. The molecule has 2 rings (SSSR count). The topological polar surface area (TPSA) is 50.2 Å². The molecule has 0 fully saturated rings. The van der Waals surface area contributed by atoms with Crippen molar-refractivity contribution in [2.45, 2.75) is 0 Å². The molecule has 7 heteroatoms. The number of hydrogen-bond donors (Lipinski definition) is 1. The van der Waals surface area contributed by atoms with Crippen LogP contribution in [0.2, 0.25) is 15.6 Å². The van der Waals surface area contributed by atoms with Crippen LogP contribution in [0.25, 0.3) is 0 Å². The zero-order valence-corrected chi connectivity index (χ0v) is 11.2. The van der Waals surface area contributed by atoms with Gasteiger partial charge in [-0.05, 0) is 23.7 Å². The van der Waals surface area contributed by atoms with Gasteiger partial charge in [0.2, 0.25) is 5.28 Å². The van der Waals surface area contributed by atoms with Crippen LogP contribution >= 0.6 is 34.8 Å². The first-order chi connectivity index (χ1) is 8.66. The second-order valence-electron chi connectivity index (χ2n) is 3.22. The number of anilines is 1. The van der Waals surface area contributed by atoms with Gasteiger partial charge in [-0.1, -0.05) is 41.4 Å². The minimum Gasteiger partial charge on any atom is -0.279 e. The Bertz CT molecular complexity index is 549. The molecule has 0 spiro atoms. The van der Waals surface area contributed by atoms with E-state index < -0.39 is 0 Å². The van der Waals surface area contributed by atoms with Crippen LogP contribution < -0.4 is 5.43 Å². The summed E-state index contributed by atoms with van der Waals surface area (Å²) in [5.41, 5.74) is 4.08. The molecule has 18 heavy (non-hydrogen) atoms. The van der Waals surface area contributed by atoms with Crippen LogP contribution in [-0.4, -0.2) is 16.2 Å². The van der Waals surface area contributed by atoms with E-state index in [-0.39, 0.29) is 15.6 Å². The first-order valence-corrected chi connectivity index (χ1v) is 6.03. The van der Waals surface area contributed by atoms with Gasteiger partial charge in [-0.25, -0.2) is 9.97 Å². The van der Waals surface area contributed by atoms with E-state index in [9.17, 15) is 0 Å². The van der Waals surface area contributed by atoms with Gasteiger partial charge in [0.05, 0.1) is 17.5 Å². The molecule has 1 heterocycles. The van der Waals surface area contributed by atoms with Crippen molar-refractivity contribution in [1.29, 1.82) is 0 Å². The molecule has 0 aliphatic carbocycles. The highest BCUT2D eigenvalue weighted by Gasteiger charge is 2.08. The van der Waals surface area contributed by atoms with Crippen LogP contribution in [0.3, 0.4) is 0 Å². The fourth-order valence-electron chi connectivity index (χ4n) is 1.18. The standard InChI is InChI=1S/C11H7Cl3N4/c12-9-8(10(13)17-11(14)16-9)6-15-18-7-4-2-1-3-5-7/h1-6,18H. The Labute approximate surface area is 119 Å². The van der Waals surface area contributed by atoms with E-state index >= 15 is 0 Å². The Morgan fingerprint density at radius 1 is 1.00 bits per heavy atom. The van der Waals surface area contributed by atoms with Crippen LogP contribution in [0.5, 0.6) is 0 Å². The van der Waals surface area contributed by atoms with Crippen LogP contribution in [0.15, 0.2) is 35.4 Å². The van der Waals surface area contributed by atoms with Crippen molar-refractivity contribution < 1.29 is 0 Å². The molecule has 0 atom stereocenters. The monoisotopic (exact) mass is 300 g/mol. The summed E-state index contributed by atoms with van der Waals surface area (Å²) in [5, 5.41) is 4.30. The Morgan fingerprint density at radius 2 is 1.61 bits per heavy atom. The summed E-state index contributed by atoms with van der Waals surface area (Å²) in [5.74, 6) is 0. The van der Waals surface area contributed by atoms with Crippen LogP contribution in [-0.2, 0) is 0 Å². The Kier molecular flexibility index (Phi) is 4.36. The molecular formula is C11H7Cl3N4. The number of nitrogens with one attached hydrogen (secondary N) is 1. The number of nitrogens with zero attached hydrogens (tertiary/aromatic N) is 3. The molecule has 0 saturated carbocycles. The minimum atomic E-state index is -0.00170. The third-order valence-corrected chi connectivity index (χ3v) is 2.73. The quantitative estimate of drug-likeness (QED) is 0.405. The third-order valence-electron chi connectivity index (χ3n) is 1.99. The van der Waals surface area contributed by atoms with Crippen molar-refractivity contribution in [3.63, 3.8) is 0 Å². The SMILES string of the molecule is Clc1nc(Cl)c(C=NNc2ccccc2)c(Cl)n1. The highest BCUT2D eigenvalue weighted by molar-refractivity contribution is 6.38. The largest absolute Gasteiger partial charge is 0.279 e. The number of para-hydroxylation sites is 1. The van der Waals surface area contributed by atoms with Crippen molar-refractivity contribution in [2.75, 3.05) is 5.43 Å². The third kappa shape index (κ3) is 3.32. The van der Waals surface area contributed by atoms with E-state index in [0.29, 0.717) is 5.56 Å². The van der Waals surface area contributed by atoms with E-state index in [4.69, 9.17) is 34.8 Å². The summed E-state index contributed by atoms with van der Waals surface area (Å²) < 4.78 is 0. The van der Waals surface area contributed by atoms with Gasteiger partial charge in [0.25, 0.3) is 0 Å². The lowest BCUT2D eigenvalue weighted by atomic mass is 10.3. The van der Waals surface area contributed by atoms with E-state index in [1.54, 1.807) is 0 Å². The number of hydrazone groups is 1. The van der Waals surface area contributed by atoms with Gasteiger partial charge in [-0.2, -0.15) is 5.10 Å². The summed E-state index contributed by atoms with van der Waals surface area (Å²) in [6, 6.07) is 9.44. The molecule has 0 amide bonds. The summed E-state index contributed by atoms with van der Waals surface area (Å²) in [6.45, 7) is 0. The Hall–Kier alpha value is -1.36. The lowest BCUT2D eigenvalue weighted by Gasteiger charge is -2.01. The van der Waals surface area contributed by atoms with Crippen LogP contribution in [0, 0.1) is 0 Å². The number of rotatable bonds is 3. The highest BCUT2D eigenvalue weighted by atomic mass is 35.5. The van der Waals surface area contributed by atoms with Gasteiger partial charge < -0.3 is 0 Å². The molecule has 2 aromatic rings. The first-order valence-electron chi connectivity index (χ1n) is 4.89. The van der Waals surface area contributed by atoms with Gasteiger partial charge in [0.1, 0.15) is 10.3 Å². The van der Waals surface area contributed by atoms with E-state index in [1.165, 1.54) is 6.21 Å². The van der Waals surface area contributed by atoms with Gasteiger partial charge in [-0.15, -0.1) is 0 Å². The van der Waals surface area contributed by atoms with Crippen molar-refractivity contribution >= 4 is 46.7 Å². The summed E-state index contributed by atoms with van der Waals surface area (Å²) in [6.07, 6.45) is 1.44. The maximum Gasteiger partial charge on any atom is 0.225 e. The predicted molar refractivity (Wildman–Crippen MR) is 74.7 cm³/mol. The summed E-state index contributed by atoms with van der Waals surface area (Å²) in [4.78, 5) is 7.55. The van der Waals surface area contributed by atoms with Crippen LogP contribution in [0.4, 0.5) is 5.69 Å². The molecule has 0 saturated heterocycles. The number of halogens is 3. The molecule has 1 N–H and O–H groups in total.